The maximum absolute atomic E-state index is 14.3. The molecule has 2 N–H and O–H groups in total. The van der Waals surface area contributed by atoms with Crippen LogP contribution in [0.5, 0.6) is 11.5 Å². The smallest absolute Gasteiger partial charge is 0.252 e. The molecule has 2 atom stereocenters. The van der Waals surface area contributed by atoms with Gasteiger partial charge in [-0.1, -0.05) is 132 Å². The summed E-state index contributed by atoms with van der Waals surface area (Å²) in [6.45, 7) is 12.8. The minimum Gasteiger partial charge on any atom is -0.491 e. The lowest BCUT2D eigenvalue weighted by atomic mass is 9.94. The Labute approximate surface area is 319 Å². The van der Waals surface area contributed by atoms with Crippen LogP contribution in [0.4, 0.5) is 0 Å². The van der Waals surface area contributed by atoms with Crippen molar-refractivity contribution in [2.45, 2.75) is 53.6 Å². The Morgan fingerprint density at radius 2 is 0.778 bits per heavy atom. The molecule has 274 valence electrons. The van der Waals surface area contributed by atoms with E-state index in [9.17, 15) is 9.59 Å². The lowest BCUT2D eigenvalue weighted by Gasteiger charge is -2.23. The minimum atomic E-state index is -0.433. The molecular formula is C48H48N2O4. The first-order chi connectivity index (χ1) is 26.1. The summed E-state index contributed by atoms with van der Waals surface area (Å²) in [4.78, 5) is 28.5. The summed E-state index contributed by atoms with van der Waals surface area (Å²) in [7, 11) is 0. The Bertz CT molecular complexity index is 2040. The van der Waals surface area contributed by atoms with Crippen LogP contribution in [0.2, 0.25) is 0 Å². The number of hydrogen-bond acceptors (Lipinski definition) is 4. The van der Waals surface area contributed by atoms with E-state index in [4.69, 9.17) is 9.47 Å². The van der Waals surface area contributed by atoms with E-state index in [0.717, 1.165) is 44.9 Å². The zero-order valence-electron chi connectivity index (χ0n) is 31.9. The molecule has 0 aliphatic carbocycles. The van der Waals surface area contributed by atoms with Gasteiger partial charge >= 0.3 is 0 Å². The van der Waals surface area contributed by atoms with E-state index >= 15 is 0 Å². The number of benzene rings is 6. The lowest BCUT2D eigenvalue weighted by molar-refractivity contribution is 0.0912. The molecule has 0 saturated carbocycles. The Balaban J connectivity index is 1.27. The highest BCUT2D eigenvalue weighted by molar-refractivity contribution is 6.06. The number of rotatable bonds is 13. The maximum Gasteiger partial charge on any atom is 0.252 e. The summed E-state index contributed by atoms with van der Waals surface area (Å²) in [5, 5.41) is 6.49. The Morgan fingerprint density at radius 3 is 1.13 bits per heavy atom. The highest BCUT2D eigenvalue weighted by Crippen LogP contribution is 2.31. The Hall–Kier alpha value is -6.14. The molecule has 0 unspecified atom stereocenters. The molecule has 0 saturated heterocycles. The van der Waals surface area contributed by atoms with E-state index in [-0.39, 0.29) is 25.0 Å². The molecule has 0 bridgehead atoms. The molecule has 6 aromatic carbocycles. The number of amides is 2. The van der Waals surface area contributed by atoms with Crippen molar-refractivity contribution < 1.29 is 19.1 Å². The van der Waals surface area contributed by atoms with E-state index < -0.39 is 12.1 Å². The SMILES string of the molecule is Cc1cc(C)c(OC[C@@H](NC(=O)c2ccccc2-c2ccccc2C(=O)N[C@H](COc2c(C)cc(C)cc2C)c2ccccc2)c2ccccc2)c(C)c1. The lowest BCUT2D eigenvalue weighted by Crippen LogP contribution is -2.33. The summed E-state index contributed by atoms with van der Waals surface area (Å²) in [6.07, 6.45) is 0. The summed E-state index contributed by atoms with van der Waals surface area (Å²) >= 11 is 0. The van der Waals surface area contributed by atoms with Gasteiger partial charge in [-0.25, -0.2) is 0 Å². The van der Waals surface area contributed by atoms with Crippen LogP contribution in [0.25, 0.3) is 11.1 Å². The third kappa shape index (κ3) is 8.89. The van der Waals surface area contributed by atoms with E-state index in [1.807, 2.05) is 125 Å². The second-order valence-electron chi connectivity index (χ2n) is 14.0. The number of ether oxygens (including phenoxy) is 2. The molecule has 0 spiro atoms. The van der Waals surface area contributed by atoms with Gasteiger partial charge in [0.2, 0.25) is 0 Å². The van der Waals surface area contributed by atoms with Crippen LogP contribution >= 0.6 is 0 Å². The number of nitrogens with one attached hydrogen (secondary N) is 2. The average molecular weight is 717 g/mol. The van der Waals surface area contributed by atoms with Gasteiger partial charge in [-0.3, -0.25) is 9.59 Å². The predicted molar refractivity (Wildman–Crippen MR) is 217 cm³/mol. The van der Waals surface area contributed by atoms with Crippen molar-refractivity contribution in [1.29, 1.82) is 0 Å². The fourth-order valence-electron chi connectivity index (χ4n) is 7.24. The van der Waals surface area contributed by atoms with Crippen LogP contribution in [-0.4, -0.2) is 25.0 Å². The molecule has 0 radical (unpaired) electrons. The molecule has 0 aromatic heterocycles. The quantitative estimate of drug-likeness (QED) is 0.125. The maximum atomic E-state index is 14.3. The summed E-state index contributed by atoms with van der Waals surface area (Å²) in [5.74, 6) is 1.10. The first-order valence-electron chi connectivity index (χ1n) is 18.4. The largest absolute Gasteiger partial charge is 0.491 e. The van der Waals surface area contributed by atoms with Crippen molar-refractivity contribution in [2.24, 2.45) is 0 Å². The second kappa shape index (κ2) is 17.1. The van der Waals surface area contributed by atoms with Gasteiger partial charge in [-0.15, -0.1) is 0 Å². The predicted octanol–water partition coefficient (Wildman–Crippen LogP) is 10.3. The molecule has 6 aromatic rings. The van der Waals surface area contributed by atoms with Crippen molar-refractivity contribution in [1.82, 2.24) is 10.6 Å². The van der Waals surface area contributed by atoms with Gasteiger partial charge in [0.1, 0.15) is 24.7 Å². The van der Waals surface area contributed by atoms with Crippen molar-refractivity contribution in [3.8, 4) is 22.6 Å². The molecular weight excluding hydrogens is 669 g/mol. The zero-order valence-corrected chi connectivity index (χ0v) is 31.9. The number of hydrogen-bond donors (Lipinski definition) is 2. The summed E-state index contributed by atoms with van der Waals surface area (Å²) in [6, 6.07) is 42.0. The normalized spacial score (nSPS) is 12.0. The topological polar surface area (TPSA) is 76.7 Å². The van der Waals surface area contributed by atoms with Gasteiger partial charge in [-0.05, 0) is 98.2 Å². The van der Waals surface area contributed by atoms with Crippen molar-refractivity contribution in [3.05, 3.63) is 189 Å². The highest BCUT2D eigenvalue weighted by Gasteiger charge is 2.24. The Morgan fingerprint density at radius 1 is 0.463 bits per heavy atom. The van der Waals surface area contributed by atoms with Gasteiger partial charge in [0, 0.05) is 11.1 Å². The van der Waals surface area contributed by atoms with E-state index in [0.29, 0.717) is 22.3 Å². The fraction of sp³-hybridized carbons (Fsp3) is 0.208. The zero-order chi connectivity index (χ0) is 38.2. The summed E-state index contributed by atoms with van der Waals surface area (Å²) < 4.78 is 12.8. The second-order valence-corrected chi connectivity index (χ2v) is 14.0. The van der Waals surface area contributed by atoms with Crippen molar-refractivity contribution in [2.75, 3.05) is 13.2 Å². The molecule has 0 aliphatic heterocycles. The molecule has 0 fully saturated rings. The van der Waals surface area contributed by atoms with Crippen LogP contribution < -0.4 is 20.1 Å². The highest BCUT2D eigenvalue weighted by atomic mass is 16.5. The van der Waals surface area contributed by atoms with Gasteiger partial charge in [-0.2, -0.15) is 0 Å². The molecule has 54 heavy (non-hydrogen) atoms. The minimum absolute atomic E-state index is 0.242. The third-order valence-corrected chi connectivity index (χ3v) is 9.65. The fourth-order valence-corrected chi connectivity index (χ4v) is 7.24. The standard InChI is InChI=1S/C48H48N2O4/c1-31-25-33(3)45(34(4)26-31)53-29-43(37-17-9-7-10-18-37)49-47(51)41-23-15-13-21-39(41)40-22-14-16-24-42(40)48(52)50-44(38-19-11-8-12-20-38)30-54-46-35(5)27-32(2)28-36(46)6/h7-28,43-44H,29-30H2,1-6H3,(H,49,51)(H,50,52)/t43-,44-/m1/s1. The van der Waals surface area contributed by atoms with Gasteiger partial charge < -0.3 is 20.1 Å². The number of carbonyl (C=O) groups is 2. The van der Waals surface area contributed by atoms with Gasteiger partial charge in [0.25, 0.3) is 11.8 Å². The third-order valence-electron chi connectivity index (χ3n) is 9.65. The van der Waals surface area contributed by atoms with Crippen LogP contribution in [0.15, 0.2) is 133 Å². The van der Waals surface area contributed by atoms with E-state index in [2.05, 4.69) is 48.7 Å². The van der Waals surface area contributed by atoms with Crippen LogP contribution in [-0.2, 0) is 0 Å². The average Bonchev–Trinajstić information content (AvgIpc) is 3.16. The van der Waals surface area contributed by atoms with Gasteiger partial charge in [0.15, 0.2) is 0 Å². The van der Waals surface area contributed by atoms with Crippen LogP contribution in [0, 0.1) is 41.5 Å². The molecule has 2 amide bonds. The van der Waals surface area contributed by atoms with E-state index in [1.165, 1.54) is 11.1 Å². The summed E-state index contributed by atoms with van der Waals surface area (Å²) in [5.41, 5.74) is 10.6. The van der Waals surface area contributed by atoms with Crippen molar-refractivity contribution >= 4 is 11.8 Å². The molecule has 6 rings (SSSR count). The van der Waals surface area contributed by atoms with Crippen molar-refractivity contribution in [3.63, 3.8) is 0 Å². The monoisotopic (exact) mass is 716 g/mol. The van der Waals surface area contributed by atoms with E-state index in [1.54, 1.807) is 12.1 Å². The number of aryl methyl sites for hydroxylation is 6. The van der Waals surface area contributed by atoms with Crippen LogP contribution in [0.1, 0.15) is 77.3 Å². The van der Waals surface area contributed by atoms with Crippen LogP contribution in [0.3, 0.4) is 0 Å². The molecule has 6 nitrogen and oxygen atoms in total. The van der Waals surface area contributed by atoms with Gasteiger partial charge in [0.05, 0.1) is 12.1 Å². The molecule has 0 aliphatic rings. The number of carbonyl (C=O) groups excluding carboxylic acids is 2. The first-order valence-corrected chi connectivity index (χ1v) is 18.4. The molecule has 0 heterocycles. The Kier molecular flexibility index (Phi) is 11.9. The molecule has 6 heteroatoms. The first kappa shape index (κ1) is 37.6.